The molecule has 1 aromatic carbocycles. The molecule has 1 saturated heterocycles. The molecule has 0 spiro atoms. The molecule has 0 aliphatic carbocycles. The average molecular weight is 382 g/mol. The van der Waals surface area contributed by atoms with Crippen molar-refractivity contribution in [3.63, 3.8) is 0 Å². The van der Waals surface area contributed by atoms with Crippen molar-refractivity contribution in [2.24, 2.45) is 0 Å². The van der Waals surface area contributed by atoms with E-state index in [0.29, 0.717) is 49.7 Å². The zero-order valence-corrected chi connectivity index (χ0v) is 15.1. The van der Waals surface area contributed by atoms with E-state index < -0.39 is 5.82 Å². The highest BCUT2D eigenvalue weighted by Gasteiger charge is 2.26. The Kier molecular flexibility index (Phi) is 4.92. The second-order valence-electron chi connectivity index (χ2n) is 6.56. The minimum absolute atomic E-state index is 0.0534. The molecule has 144 valence electrons. The number of aromatic nitrogens is 2. The van der Waals surface area contributed by atoms with Gasteiger partial charge >= 0.3 is 0 Å². The molecule has 3 aromatic rings. The van der Waals surface area contributed by atoms with Crippen LogP contribution in [0.15, 0.2) is 53.1 Å². The van der Waals surface area contributed by atoms with Crippen LogP contribution in [-0.2, 0) is 0 Å². The second-order valence-corrected chi connectivity index (χ2v) is 6.56. The van der Waals surface area contributed by atoms with E-state index in [-0.39, 0.29) is 17.4 Å². The minimum atomic E-state index is -0.536. The van der Waals surface area contributed by atoms with E-state index in [9.17, 15) is 14.0 Å². The van der Waals surface area contributed by atoms with Crippen molar-refractivity contribution in [2.45, 2.75) is 6.42 Å². The fraction of sp³-hybridized carbons (Fsp3) is 0.250. The van der Waals surface area contributed by atoms with Gasteiger partial charge in [0.1, 0.15) is 11.5 Å². The molecule has 0 unspecified atom stereocenters. The number of H-pyrrole nitrogens is 1. The number of benzene rings is 1. The number of hydrogen-bond donors (Lipinski definition) is 1. The first-order valence-electron chi connectivity index (χ1n) is 9.06. The second kappa shape index (κ2) is 7.67. The first-order chi connectivity index (χ1) is 13.6. The lowest BCUT2D eigenvalue weighted by atomic mass is 10.2. The van der Waals surface area contributed by atoms with Gasteiger partial charge in [0, 0.05) is 32.2 Å². The summed E-state index contributed by atoms with van der Waals surface area (Å²) >= 11 is 0. The number of amides is 2. The highest BCUT2D eigenvalue weighted by Crippen LogP contribution is 2.19. The number of furan rings is 1. The maximum Gasteiger partial charge on any atom is 0.274 e. The summed E-state index contributed by atoms with van der Waals surface area (Å²) in [6.45, 7) is 1.67. The number of nitrogens with zero attached hydrogens (tertiary/aromatic N) is 3. The normalized spacial score (nSPS) is 14.8. The fourth-order valence-corrected chi connectivity index (χ4v) is 3.28. The maximum absolute atomic E-state index is 13.9. The van der Waals surface area contributed by atoms with E-state index in [1.807, 2.05) is 0 Å². The van der Waals surface area contributed by atoms with Gasteiger partial charge in [-0.2, -0.15) is 5.10 Å². The lowest BCUT2D eigenvalue weighted by Gasteiger charge is -2.22. The van der Waals surface area contributed by atoms with Crippen molar-refractivity contribution in [2.75, 3.05) is 26.2 Å². The molecule has 1 aliphatic heterocycles. The van der Waals surface area contributed by atoms with Crippen molar-refractivity contribution in [3.8, 4) is 11.5 Å². The molecule has 0 bridgehead atoms. The Morgan fingerprint density at radius 2 is 1.75 bits per heavy atom. The Hall–Kier alpha value is -3.42. The van der Waals surface area contributed by atoms with Crippen molar-refractivity contribution in [1.29, 1.82) is 0 Å². The SMILES string of the molecule is O=C(c1cc(-c2ccco2)[nH]n1)N1CCCN(C(=O)c2ccccc2F)CC1. The number of halogens is 1. The molecule has 0 radical (unpaired) electrons. The van der Waals surface area contributed by atoms with Gasteiger partial charge in [-0.3, -0.25) is 14.7 Å². The van der Waals surface area contributed by atoms with E-state index >= 15 is 0 Å². The highest BCUT2D eigenvalue weighted by molar-refractivity contribution is 5.95. The molecular formula is C20H19FN4O3. The summed E-state index contributed by atoms with van der Waals surface area (Å²) in [6.07, 6.45) is 2.16. The molecule has 28 heavy (non-hydrogen) atoms. The van der Waals surface area contributed by atoms with Crippen molar-refractivity contribution >= 4 is 11.8 Å². The Morgan fingerprint density at radius 1 is 1.00 bits per heavy atom. The maximum atomic E-state index is 13.9. The number of hydrogen-bond acceptors (Lipinski definition) is 4. The summed E-state index contributed by atoms with van der Waals surface area (Å²) in [5.74, 6) is -0.503. The molecule has 1 aliphatic rings. The smallest absolute Gasteiger partial charge is 0.274 e. The van der Waals surface area contributed by atoms with Gasteiger partial charge in [-0.05, 0) is 30.7 Å². The van der Waals surface area contributed by atoms with Crippen LogP contribution in [0, 0.1) is 5.82 Å². The molecule has 4 rings (SSSR count). The first-order valence-corrected chi connectivity index (χ1v) is 9.06. The fourth-order valence-electron chi connectivity index (χ4n) is 3.28. The summed E-state index contributed by atoms with van der Waals surface area (Å²) < 4.78 is 19.2. The van der Waals surface area contributed by atoms with Crippen LogP contribution in [0.3, 0.4) is 0 Å². The third-order valence-corrected chi connectivity index (χ3v) is 4.76. The predicted molar refractivity (Wildman–Crippen MR) is 99.1 cm³/mol. The Bertz CT molecular complexity index is 983. The molecule has 1 fully saturated rings. The van der Waals surface area contributed by atoms with E-state index in [1.54, 1.807) is 46.4 Å². The molecule has 2 aromatic heterocycles. The molecule has 1 N–H and O–H groups in total. The molecule has 0 saturated carbocycles. The third kappa shape index (κ3) is 3.53. The molecule has 0 atom stereocenters. The standard InChI is InChI=1S/C20H19FN4O3/c21-15-6-2-1-5-14(15)19(26)24-8-4-9-25(11-10-24)20(27)17-13-16(22-23-17)18-7-3-12-28-18/h1-3,5-7,12-13H,4,8-11H2,(H,22,23). The Balaban J connectivity index is 1.43. The van der Waals surface area contributed by atoms with Crippen LogP contribution in [0.2, 0.25) is 0 Å². The molecule has 8 heteroatoms. The molecular weight excluding hydrogens is 363 g/mol. The number of aromatic amines is 1. The molecule has 2 amide bonds. The average Bonchev–Trinajstić information content (AvgIpc) is 3.35. The lowest BCUT2D eigenvalue weighted by molar-refractivity contribution is 0.0713. The lowest BCUT2D eigenvalue weighted by Crippen LogP contribution is -2.37. The van der Waals surface area contributed by atoms with E-state index in [1.165, 1.54) is 12.1 Å². The largest absolute Gasteiger partial charge is 0.463 e. The minimum Gasteiger partial charge on any atom is -0.463 e. The summed E-state index contributed by atoms with van der Waals surface area (Å²) in [5, 5.41) is 6.89. The van der Waals surface area contributed by atoms with Crippen LogP contribution in [0.5, 0.6) is 0 Å². The number of nitrogens with one attached hydrogen (secondary N) is 1. The van der Waals surface area contributed by atoms with Gasteiger partial charge in [-0.25, -0.2) is 4.39 Å². The number of rotatable bonds is 3. The van der Waals surface area contributed by atoms with Gasteiger partial charge in [-0.1, -0.05) is 12.1 Å². The van der Waals surface area contributed by atoms with Gasteiger partial charge in [0.25, 0.3) is 11.8 Å². The summed E-state index contributed by atoms with van der Waals surface area (Å²) in [4.78, 5) is 28.6. The number of carbonyl (C=O) groups excluding carboxylic acids is 2. The van der Waals surface area contributed by atoms with Gasteiger partial charge in [0.2, 0.25) is 0 Å². The van der Waals surface area contributed by atoms with Crippen molar-refractivity contribution in [1.82, 2.24) is 20.0 Å². The van der Waals surface area contributed by atoms with Crippen LogP contribution in [0.25, 0.3) is 11.5 Å². The zero-order valence-electron chi connectivity index (χ0n) is 15.1. The van der Waals surface area contributed by atoms with Crippen LogP contribution in [0.4, 0.5) is 4.39 Å². The monoisotopic (exact) mass is 382 g/mol. The van der Waals surface area contributed by atoms with E-state index in [0.717, 1.165) is 0 Å². The molecule has 7 nitrogen and oxygen atoms in total. The van der Waals surface area contributed by atoms with Crippen molar-refractivity contribution < 1.29 is 18.4 Å². The molecule has 3 heterocycles. The van der Waals surface area contributed by atoms with Crippen LogP contribution in [-0.4, -0.2) is 58.0 Å². The van der Waals surface area contributed by atoms with E-state index in [4.69, 9.17) is 4.42 Å². The summed E-state index contributed by atoms with van der Waals surface area (Å²) in [6, 6.07) is 11.1. The Labute approximate surface area is 160 Å². The van der Waals surface area contributed by atoms with Gasteiger partial charge < -0.3 is 14.2 Å². The van der Waals surface area contributed by atoms with E-state index in [2.05, 4.69) is 10.2 Å². The summed E-state index contributed by atoms with van der Waals surface area (Å²) in [5.41, 5.74) is 0.970. The zero-order chi connectivity index (χ0) is 19.5. The number of carbonyl (C=O) groups is 2. The van der Waals surface area contributed by atoms with Crippen LogP contribution >= 0.6 is 0 Å². The third-order valence-electron chi connectivity index (χ3n) is 4.76. The van der Waals surface area contributed by atoms with Gasteiger partial charge in [-0.15, -0.1) is 0 Å². The quantitative estimate of drug-likeness (QED) is 0.755. The van der Waals surface area contributed by atoms with Crippen LogP contribution in [0.1, 0.15) is 27.3 Å². The predicted octanol–water partition coefficient (Wildman–Crippen LogP) is 2.80. The van der Waals surface area contributed by atoms with Gasteiger partial charge in [0.05, 0.1) is 11.8 Å². The van der Waals surface area contributed by atoms with Crippen molar-refractivity contribution in [3.05, 3.63) is 65.8 Å². The topological polar surface area (TPSA) is 82.4 Å². The summed E-state index contributed by atoms with van der Waals surface area (Å²) in [7, 11) is 0. The van der Waals surface area contributed by atoms with Gasteiger partial charge in [0.15, 0.2) is 11.5 Å². The first kappa shape index (κ1) is 18.0. The van der Waals surface area contributed by atoms with Crippen LogP contribution < -0.4 is 0 Å². The Morgan fingerprint density at radius 3 is 2.46 bits per heavy atom. The highest BCUT2D eigenvalue weighted by atomic mass is 19.1.